The third-order valence-corrected chi connectivity index (χ3v) is 6.82. The molecule has 2 aromatic carbocycles. The molecule has 0 spiro atoms. The van der Waals surface area contributed by atoms with Crippen molar-refractivity contribution in [1.29, 1.82) is 0 Å². The minimum Gasteiger partial charge on any atom is -0.333 e. The molecule has 0 bridgehead atoms. The van der Waals surface area contributed by atoms with Gasteiger partial charge in [0, 0.05) is 54.9 Å². The molecule has 5 rings (SSSR count). The van der Waals surface area contributed by atoms with E-state index in [1.165, 1.54) is 11.1 Å². The number of nitrogens with zero attached hydrogens (tertiary/aromatic N) is 3. The average molecular weight is 505 g/mol. The molecule has 0 fully saturated rings. The van der Waals surface area contributed by atoms with Gasteiger partial charge in [0.15, 0.2) is 0 Å². The average Bonchev–Trinajstić information content (AvgIpc) is 3.17. The zero-order valence-corrected chi connectivity index (χ0v) is 21.0. The van der Waals surface area contributed by atoms with Gasteiger partial charge >= 0.3 is 6.03 Å². The zero-order chi connectivity index (χ0) is 24.4. The van der Waals surface area contributed by atoms with Gasteiger partial charge in [-0.25, -0.2) is 9.78 Å². The summed E-state index contributed by atoms with van der Waals surface area (Å²) in [4.78, 5) is 19.8. The molecule has 1 aliphatic heterocycles. The fraction of sp³-hybridized carbons (Fsp3) is 0.214. The van der Waals surface area contributed by atoms with E-state index in [0.717, 1.165) is 58.8 Å². The maximum atomic E-state index is 13.3. The molecule has 5 nitrogen and oxygen atoms in total. The summed E-state index contributed by atoms with van der Waals surface area (Å²) in [5.41, 5.74) is 6.50. The first-order valence-electron chi connectivity index (χ1n) is 11.6. The molecular formula is C28H26Cl2N4O. The van der Waals surface area contributed by atoms with Crippen LogP contribution in [0.5, 0.6) is 0 Å². The summed E-state index contributed by atoms with van der Waals surface area (Å²) < 4.78 is 1.85. The van der Waals surface area contributed by atoms with Crippen LogP contribution in [0.3, 0.4) is 0 Å². The third-order valence-electron chi connectivity index (χ3n) is 6.36. The van der Waals surface area contributed by atoms with Gasteiger partial charge in [-0.1, -0.05) is 59.1 Å². The Bertz CT molecular complexity index is 1410. The second kappa shape index (κ2) is 10.2. The molecule has 2 aromatic heterocycles. The number of benzene rings is 2. The largest absolute Gasteiger partial charge is 0.333 e. The van der Waals surface area contributed by atoms with Crippen molar-refractivity contribution in [2.75, 3.05) is 13.1 Å². The number of halogens is 2. The molecule has 0 saturated heterocycles. The Labute approximate surface area is 215 Å². The van der Waals surface area contributed by atoms with Gasteiger partial charge in [-0.15, -0.1) is 0 Å². The first kappa shape index (κ1) is 23.6. The summed E-state index contributed by atoms with van der Waals surface area (Å²) in [5, 5.41) is 5.36. The molecule has 178 valence electrons. The van der Waals surface area contributed by atoms with Crippen LogP contribution in [0, 0.1) is 6.92 Å². The van der Waals surface area contributed by atoms with Crippen LogP contribution in [0.25, 0.3) is 17.0 Å². The van der Waals surface area contributed by atoms with Crippen LogP contribution in [0.2, 0.25) is 10.2 Å². The van der Waals surface area contributed by atoms with E-state index >= 15 is 0 Å². The van der Waals surface area contributed by atoms with Gasteiger partial charge in [0.05, 0.1) is 5.52 Å². The molecule has 1 amide bonds. The van der Waals surface area contributed by atoms with E-state index in [-0.39, 0.29) is 6.03 Å². The van der Waals surface area contributed by atoms with Gasteiger partial charge in [0.25, 0.3) is 0 Å². The molecule has 1 N–H and O–H groups in total. The fourth-order valence-corrected chi connectivity index (χ4v) is 4.96. The third kappa shape index (κ3) is 5.27. The van der Waals surface area contributed by atoms with Crippen molar-refractivity contribution in [2.24, 2.45) is 0 Å². The lowest BCUT2D eigenvalue weighted by atomic mass is 10.0. The minimum atomic E-state index is -0.121. The molecule has 3 heterocycles. The predicted octanol–water partition coefficient (Wildman–Crippen LogP) is 6.48. The van der Waals surface area contributed by atoms with E-state index in [1.54, 1.807) is 12.3 Å². The van der Waals surface area contributed by atoms with Crippen LogP contribution in [-0.2, 0) is 19.5 Å². The number of hydrogen-bond acceptors (Lipinski definition) is 3. The van der Waals surface area contributed by atoms with E-state index in [1.807, 2.05) is 34.9 Å². The Morgan fingerprint density at radius 1 is 1.11 bits per heavy atom. The second-order valence-corrected chi connectivity index (χ2v) is 9.69. The SMILES string of the molecule is Cc1ccc2c(c1)c1c(n2C(=O)NCc2ccnc(Cl)c2)CCN(CC=Cc2ccc(Cl)cc2)C1. The Balaban J connectivity index is 1.37. The van der Waals surface area contributed by atoms with Crippen molar-refractivity contribution < 1.29 is 4.79 Å². The molecule has 1 aliphatic rings. The minimum absolute atomic E-state index is 0.121. The Morgan fingerprint density at radius 2 is 1.94 bits per heavy atom. The maximum Gasteiger partial charge on any atom is 0.326 e. The van der Waals surface area contributed by atoms with E-state index < -0.39 is 0 Å². The number of nitrogens with one attached hydrogen (secondary N) is 1. The number of hydrogen-bond donors (Lipinski definition) is 1. The first-order chi connectivity index (χ1) is 17.0. The molecule has 0 unspecified atom stereocenters. The lowest BCUT2D eigenvalue weighted by Gasteiger charge is -2.27. The number of carbonyl (C=O) groups is 1. The number of aromatic nitrogens is 2. The van der Waals surface area contributed by atoms with Crippen LogP contribution >= 0.6 is 23.2 Å². The van der Waals surface area contributed by atoms with Gasteiger partial charge in [0.1, 0.15) is 5.15 Å². The molecule has 0 aliphatic carbocycles. The predicted molar refractivity (Wildman–Crippen MR) is 143 cm³/mol. The van der Waals surface area contributed by atoms with Crippen LogP contribution in [0.4, 0.5) is 4.79 Å². The van der Waals surface area contributed by atoms with Crippen LogP contribution in [0.15, 0.2) is 66.9 Å². The van der Waals surface area contributed by atoms with Crippen molar-refractivity contribution in [3.8, 4) is 0 Å². The number of fused-ring (bicyclic) bond motifs is 3. The number of rotatable bonds is 5. The zero-order valence-electron chi connectivity index (χ0n) is 19.5. The van der Waals surface area contributed by atoms with Crippen molar-refractivity contribution in [1.82, 2.24) is 19.8 Å². The standard InChI is InChI=1S/C28H26Cl2N4O/c1-19-4-9-25-23(15-19)24-18-33(13-2-3-20-5-7-22(29)8-6-20)14-11-26(24)34(25)28(35)32-17-21-10-12-31-27(30)16-21/h2-10,12,15-16H,11,13-14,17-18H2,1H3,(H,32,35). The van der Waals surface area contributed by atoms with Crippen molar-refractivity contribution >= 4 is 46.2 Å². The van der Waals surface area contributed by atoms with Crippen LogP contribution in [0.1, 0.15) is 27.9 Å². The molecule has 0 atom stereocenters. The van der Waals surface area contributed by atoms with E-state index in [4.69, 9.17) is 23.2 Å². The van der Waals surface area contributed by atoms with Crippen LogP contribution < -0.4 is 5.32 Å². The number of pyridine rings is 1. The summed E-state index contributed by atoms with van der Waals surface area (Å²) >= 11 is 12.0. The highest BCUT2D eigenvalue weighted by molar-refractivity contribution is 6.30. The summed E-state index contributed by atoms with van der Waals surface area (Å²) in [6, 6.07) is 17.6. The van der Waals surface area contributed by atoms with Gasteiger partial charge in [-0.3, -0.25) is 9.47 Å². The summed E-state index contributed by atoms with van der Waals surface area (Å²) in [6.07, 6.45) is 6.77. The molecule has 7 heteroatoms. The topological polar surface area (TPSA) is 50.2 Å². The molecule has 0 saturated carbocycles. The Kier molecular flexibility index (Phi) is 6.91. The number of amides is 1. The van der Waals surface area contributed by atoms with Crippen LogP contribution in [-0.4, -0.2) is 33.6 Å². The smallest absolute Gasteiger partial charge is 0.326 e. The van der Waals surface area contributed by atoms with Gasteiger partial charge in [0.2, 0.25) is 0 Å². The Morgan fingerprint density at radius 3 is 2.74 bits per heavy atom. The summed E-state index contributed by atoms with van der Waals surface area (Å²) in [5.74, 6) is 0. The molecule has 4 aromatic rings. The second-order valence-electron chi connectivity index (χ2n) is 8.87. The normalized spacial score (nSPS) is 13.9. The van der Waals surface area contributed by atoms with E-state index in [9.17, 15) is 4.79 Å². The molecule has 35 heavy (non-hydrogen) atoms. The first-order valence-corrected chi connectivity index (χ1v) is 12.4. The number of carbonyl (C=O) groups excluding carboxylic acids is 1. The molecular weight excluding hydrogens is 479 g/mol. The van der Waals surface area contributed by atoms with Crippen molar-refractivity contribution in [3.63, 3.8) is 0 Å². The highest BCUT2D eigenvalue weighted by atomic mass is 35.5. The van der Waals surface area contributed by atoms with E-state index in [2.05, 4.69) is 52.5 Å². The van der Waals surface area contributed by atoms with E-state index in [0.29, 0.717) is 11.7 Å². The van der Waals surface area contributed by atoms with Gasteiger partial charge in [-0.2, -0.15) is 0 Å². The van der Waals surface area contributed by atoms with Crippen molar-refractivity contribution in [2.45, 2.75) is 26.4 Å². The highest BCUT2D eigenvalue weighted by Gasteiger charge is 2.26. The maximum absolute atomic E-state index is 13.3. The molecule has 0 radical (unpaired) electrons. The summed E-state index contributed by atoms with van der Waals surface area (Å²) in [7, 11) is 0. The quantitative estimate of drug-likeness (QED) is 0.316. The van der Waals surface area contributed by atoms with Gasteiger partial charge in [-0.05, 0) is 60.0 Å². The summed E-state index contributed by atoms with van der Waals surface area (Å²) in [6.45, 7) is 5.02. The highest BCUT2D eigenvalue weighted by Crippen LogP contribution is 2.31. The Hall–Kier alpha value is -3.12. The van der Waals surface area contributed by atoms with Crippen molar-refractivity contribution in [3.05, 3.63) is 105 Å². The van der Waals surface area contributed by atoms with Gasteiger partial charge < -0.3 is 5.32 Å². The number of aryl methyl sites for hydroxylation is 1. The lowest BCUT2D eigenvalue weighted by molar-refractivity contribution is 0.240. The lowest BCUT2D eigenvalue weighted by Crippen LogP contribution is -2.34. The monoisotopic (exact) mass is 504 g/mol. The fourth-order valence-electron chi connectivity index (χ4n) is 4.64.